The van der Waals surface area contributed by atoms with Crippen LogP contribution in [0, 0.1) is 5.92 Å². The lowest BCUT2D eigenvalue weighted by Crippen LogP contribution is -2.50. The standard InChI is InChI=1S/C11H17NO3/c1-3-15-11(14)10-8-5-4-7(12(8)2)6-9(10)13/h7-8,10H,3-6H2,1-2H3/t7-,8+,10?/m1/s1. The maximum Gasteiger partial charge on any atom is 0.318 e. The Labute approximate surface area is 89.6 Å². The third-order valence-corrected chi connectivity index (χ3v) is 3.60. The van der Waals surface area contributed by atoms with E-state index in [1.165, 1.54) is 0 Å². The second-order valence-electron chi connectivity index (χ2n) is 4.36. The molecule has 0 aromatic rings. The van der Waals surface area contributed by atoms with Crippen LogP contribution in [0.25, 0.3) is 0 Å². The van der Waals surface area contributed by atoms with E-state index in [0.717, 1.165) is 12.8 Å². The summed E-state index contributed by atoms with van der Waals surface area (Å²) in [5.41, 5.74) is 0. The fraction of sp³-hybridized carbons (Fsp3) is 0.818. The SMILES string of the molecule is CCOC(=O)C1C(=O)C[C@H]2CC[C@@H]1N2C. The fourth-order valence-corrected chi connectivity index (χ4v) is 2.78. The lowest BCUT2D eigenvalue weighted by molar-refractivity contribution is -0.156. The van der Waals surface area contributed by atoms with Crippen LogP contribution in [0.1, 0.15) is 26.2 Å². The number of hydrogen-bond donors (Lipinski definition) is 0. The summed E-state index contributed by atoms with van der Waals surface area (Å²) < 4.78 is 4.96. The highest BCUT2D eigenvalue weighted by Gasteiger charge is 2.48. The molecule has 0 aromatic carbocycles. The monoisotopic (exact) mass is 211 g/mol. The molecule has 2 fully saturated rings. The van der Waals surface area contributed by atoms with Crippen molar-refractivity contribution >= 4 is 11.8 Å². The molecular weight excluding hydrogens is 194 g/mol. The first kappa shape index (κ1) is 10.6. The lowest BCUT2D eigenvalue weighted by Gasteiger charge is -2.34. The second-order valence-corrected chi connectivity index (χ2v) is 4.36. The average molecular weight is 211 g/mol. The molecule has 0 aromatic heterocycles. The number of carbonyl (C=O) groups excluding carboxylic acids is 2. The van der Waals surface area contributed by atoms with Crippen molar-refractivity contribution in [2.75, 3.05) is 13.7 Å². The number of ketones is 1. The predicted octanol–water partition coefficient (Wildman–Crippen LogP) is 0.601. The summed E-state index contributed by atoms with van der Waals surface area (Å²) in [6.07, 6.45) is 2.48. The van der Waals surface area contributed by atoms with E-state index in [2.05, 4.69) is 4.90 Å². The van der Waals surface area contributed by atoms with Gasteiger partial charge in [0.25, 0.3) is 0 Å². The molecule has 2 saturated heterocycles. The van der Waals surface area contributed by atoms with E-state index >= 15 is 0 Å². The second kappa shape index (κ2) is 3.93. The Morgan fingerprint density at radius 3 is 2.93 bits per heavy atom. The summed E-state index contributed by atoms with van der Waals surface area (Å²) >= 11 is 0. The Hall–Kier alpha value is -0.900. The molecule has 2 bridgehead atoms. The summed E-state index contributed by atoms with van der Waals surface area (Å²) in [6, 6.07) is 0.434. The maximum absolute atomic E-state index is 11.8. The maximum atomic E-state index is 11.8. The minimum Gasteiger partial charge on any atom is -0.465 e. The molecule has 0 amide bonds. The minimum atomic E-state index is -0.534. The number of nitrogens with zero attached hydrogens (tertiary/aromatic N) is 1. The Bertz CT molecular complexity index is 290. The molecule has 0 radical (unpaired) electrons. The summed E-state index contributed by atoms with van der Waals surface area (Å²) in [5, 5.41) is 0. The van der Waals surface area contributed by atoms with Crippen LogP contribution in [0.2, 0.25) is 0 Å². The normalized spacial score (nSPS) is 35.6. The smallest absolute Gasteiger partial charge is 0.318 e. The van der Waals surface area contributed by atoms with Crippen LogP contribution in [0.3, 0.4) is 0 Å². The first-order valence-electron chi connectivity index (χ1n) is 5.56. The minimum absolute atomic E-state index is 0.0686. The highest BCUT2D eigenvalue weighted by molar-refractivity contribution is 6.01. The lowest BCUT2D eigenvalue weighted by atomic mass is 9.89. The van der Waals surface area contributed by atoms with Crippen molar-refractivity contribution in [3.63, 3.8) is 0 Å². The van der Waals surface area contributed by atoms with Crippen molar-refractivity contribution in [3.05, 3.63) is 0 Å². The summed E-state index contributed by atoms with van der Waals surface area (Å²) in [4.78, 5) is 25.6. The number of ether oxygens (including phenoxy) is 1. The van der Waals surface area contributed by atoms with Crippen molar-refractivity contribution in [2.45, 2.75) is 38.3 Å². The van der Waals surface area contributed by atoms with E-state index < -0.39 is 5.92 Å². The van der Waals surface area contributed by atoms with Gasteiger partial charge in [0.15, 0.2) is 0 Å². The Morgan fingerprint density at radius 1 is 1.53 bits per heavy atom. The van der Waals surface area contributed by atoms with Crippen molar-refractivity contribution in [1.82, 2.24) is 4.90 Å². The molecule has 3 atom stereocenters. The quantitative estimate of drug-likeness (QED) is 0.495. The van der Waals surface area contributed by atoms with Gasteiger partial charge in [-0.3, -0.25) is 14.5 Å². The van der Waals surface area contributed by atoms with Crippen LogP contribution < -0.4 is 0 Å². The fourth-order valence-electron chi connectivity index (χ4n) is 2.78. The van der Waals surface area contributed by atoms with Gasteiger partial charge < -0.3 is 4.74 Å². The van der Waals surface area contributed by atoms with Gasteiger partial charge >= 0.3 is 5.97 Å². The van der Waals surface area contributed by atoms with E-state index in [1.54, 1.807) is 6.92 Å². The Balaban J connectivity index is 2.15. The zero-order chi connectivity index (χ0) is 11.0. The zero-order valence-corrected chi connectivity index (χ0v) is 9.23. The number of Topliss-reactive ketones (excluding diaryl/α,β-unsaturated/α-hetero) is 1. The van der Waals surface area contributed by atoms with Gasteiger partial charge in [-0.1, -0.05) is 0 Å². The number of piperidine rings is 1. The average Bonchev–Trinajstić information content (AvgIpc) is 2.46. The van der Waals surface area contributed by atoms with Gasteiger partial charge in [0.2, 0.25) is 0 Å². The van der Waals surface area contributed by atoms with Crippen molar-refractivity contribution in [2.24, 2.45) is 5.92 Å². The highest BCUT2D eigenvalue weighted by Crippen LogP contribution is 2.36. The van der Waals surface area contributed by atoms with Gasteiger partial charge in [-0.05, 0) is 26.8 Å². The molecule has 4 heteroatoms. The Morgan fingerprint density at radius 2 is 2.27 bits per heavy atom. The molecule has 1 unspecified atom stereocenters. The van der Waals surface area contributed by atoms with Gasteiger partial charge in [-0.25, -0.2) is 0 Å². The molecule has 2 heterocycles. The molecule has 0 saturated carbocycles. The van der Waals surface area contributed by atoms with E-state index in [1.807, 2.05) is 7.05 Å². The van der Waals surface area contributed by atoms with Crippen molar-refractivity contribution in [3.8, 4) is 0 Å². The first-order valence-corrected chi connectivity index (χ1v) is 5.56. The van der Waals surface area contributed by atoms with E-state index in [4.69, 9.17) is 4.74 Å². The van der Waals surface area contributed by atoms with Crippen LogP contribution in [0.4, 0.5) is 0 Å². The topological polar surface area (TPSA) is 46.6 Å². The predicted molar refractivity (Wildman–Crippen MR) is 54.3 cm³/mol. The highest BCUT2D eigenvalue weighted by atomic mass is 16.5. The molecule has 0 spiro atoms. The number of esters is 1. The van der Waals surface area contributed by atoms with E-state index in [9.17, 15) is 9.59 Å². The van der Waals surface area contributed by atoms with Crippen LogP contribution in [-0.2, 0) is 14.3 Å². The molecule has 4 nitrogen and oxygen atoms in total. The number of fused-ring (bicyclic) bond motifs is 2. The molecule has 0 N–H and O–H groups in total. The van der Waals surface area contributed by atoms with Gasteiger partial charge in [0, 0.05) is 18.5 Å². The number of carbonyl (C=O) groups is 2. The Kier molecular flexibility index (Phi) is 2.78. The third kappa shape index (κ3) is 1.67. The van der Waals surface area contributed by atoms with Gasteiger partial charge in [-0.2, -0.15) is 0 Å². The summed E-state index contributed by atoms with van der Waals surface area (Å²) in [7, 11) is 2.00. The molecule has 84 valence electrons. The van der Waals surface area contributed by atoms with Crippen molar-refractivity contribution in [1.29, 1.82) is 0 Å². The zero-order valence-electron chi connectivity index (χ0n) is 9.23. The van der Waals surface area contributed by atoms with Crippen LogP contribution >= 0.6 is 0 Å². The first-order chi connectivity index (χ1) is 7.15. The van der Waals surface area contributed by atoms with E-state index in [0.29, 0.717) is 19.1 Å². The molecular formula is C11H17NO3. The largest absolute Gasteiger partial charge is 0.465 e. The van der Waals surface area contributed by atoms with Crippen LogP contribution in [-0.4, -0.2) is 42.4 Å². The molecule has 2 aliphatic heterocycles. The van der Waals surface area contributed by atoms with Gasteiger partial charge in [0.1, 0.15) is 11.7 Å². The van der Waals surface area contributed by atoms with Crippen LogP contribution in [0.5, 0.6) is 0 Å². The van der Waals surface area contributed by atoms with Crippen molar-refractivity contribution < 1.29 is 14.3 Å². The molecule has 2 rings (SSSR count). The molecule has 0 aliphatic carbocycles. The summed E-state index contributed by atoms with van der Waals surface area (Å²) in [5.74, 6) is -0.799. The molecule has 15 heavy (non-hydrogen) atoms. The number of rotatable bonds is 2. The third-order valence-electron chi connectivity index (χ3n) is 3.60. The van der Waals surface area contributed by atoms with Crippen LogP contribution in [0.15, 0.2) is 0 Å². The van der Waals surface area contributed by atoms with E-state index in [-0.39, 0.29) is 17.8 Å². The molecule has 2 aliphatic rings. The number of hydrogen-bond acceptors (Lipinski definition) is 4. The van der Waals surface area contributed by atoms with Gasteiger partial charge in [0.05, 0.1) is 6.61 Å². The van der Waals surface area contributed by atoms with Gasteiger partial charge in [-0.15, -0.1) is 0 Å². The summed E-state index contributed by atoms with van der Waals surface area (Å²) in [6.45, 7) is 2.12.